The van der Waals surface area contributed by atoms with Crippen molar-refractivity contribution >= 4 is 17.3 Å². The van der Waals surface area contributed by atoms with Gasteiger partial charge in [0.15, 0.2) is 11.6 Å². The minimum Gasteiger partial charge on any atom is -0.477 e. The smallest absolute Gasteiger partial charge is 0.347 e. The molecular weight excluding hydrogens is 332 g/mol. The topological polar surface area (TPSA) is 50.2 Å². The first-order valence-electron chi connectivity index (χ1n) is 7.18. The molecule has 0 fully saturated rings. The average molecular weight is 345 g/mol. The number of thiazole rings is 1. The number of aryl methyl sites for hydroxylation is 1. The molecule has 0 aliphatic rings. The van der Waals surface area contributed by atoms with Gasteiger partial charge in [0.25, 0.3) is 0 Å². The van der Waals surface area contributed by atoms with Gasteiger partial charge in [0.2, 0.25) is 0 Å². The van der Waals surface area contributed by atoms with Crippen LogP contribution in [0.5, 0.6) is 0 Å². The summed E-state index contributed by atoms with van der Waals surface area (Å²) in [5, 5.41) is 9.93. The van der Waals surface area contributed by atoms with E-state index in [0.717, 1.165) is 34.6 Å². The maximum atomic E-state index is 13.4. The molecule has 1 N–H and O–H groups in total. The molecule has 122 valence electrons. The molecule has 0 atom stereocenters. The lowest BCUT2D eigenvalue weighted by atomic mass is 10.0. The van der Waals surface area contributed by atoms with Gasteiger partial charge < -0.3 is 5.11 Å². The van der Waals surface area contributed by atoms with Crippen molar-refractivity contribution in [2.45, 2.75) is 13.3 Å². The van der Waals surface area contributed by atoms with Crippen LogP contribution in [0.2, 0.25) is 0 Å². The summed E-state index contributed by atoms with van der Waals surface area (Å²) in [6.45, 7) is 1.76. The Kier molecular flexibility index (Phi) is 4.40. The number of benzene rings is 2. The molecule has 6 heteroatoms. The minimum absolute atomic E-state index is 0.228. The maximum absolute atomic E-state index is 13.4. The fourth-order valence-electron chi connectivity index (χ4n) is 2.49. The lowest BCUT2D eigenvalue weighted by Crippen LogP contribution is -2.00. The molecule has 2 aromatic carbocycles. The summed E-state index contributed by atoms with van der Waals surface area (Å²) in [4.78, 5) is 15.8. The van der Waals surface area contributed by atoms with E-state index in [1.807, 2.05) is 12.1 Å². The van der Waals surface area contributed by atoms with Crippen molar-refractivity contribution in [2.24, 2.45) is 0 Å². The van der Waals surface area contributed by atoms with Gasteiger partial charge >= 0.3 is 5.97 Å². The largest absolute Gasteiger partial charge is 0.477 e. The molecule has 0 bridgehead atoms. The van der Waals surface area contributed by atoms with Crippen LogP contribution in [-0.2, 0) is 6.42 Å². The van der Waals surface area contributed by atoms with E-state index < -0.39 is 17.6 Å². The van der Waals surface area contributed by atoms with Crippen LogP contribution in [0.25, 0.3) is 11.1 Å². The second-order valence-electron chi connectivity index (χ2n) is 5.32. The van der Waals surface area contributed by atoms with Crippen LogP contribution in [0.4, 0.5) is 8.78 Å². The molecule has 3 aromatic rings. The molecule has 0 aliphatic heterocycles. The zero-order valence-corrected chi connectivity index (χ0v) is 13.5. The Hall–Kier alpha value is -2.60. The number of carbonyl (C=O) groups is 1. The zero-order chi connectivity index (χ0) is 17.3. The predicted octanol–water partition coefficient (Wildman–Crippen LogP) is 4.69. The molecule has 0 aliphatic carbocycles. The fraction of sp³-hybridized carbons (Fsp3) is 0.111. The Bertz CT molecular complexity index is 921. The van der Waals surface area contributed by atoms with Crippen molar-refractivity contribution in [3.8, 4) is 11.1 Å². The highest BCUT2D eigenvalue weighted by Gasteiger charge is 2.16. The second kappa shape index (κ2) is 6.49. The van der Waals surface area contributed by atoms with E-state index in [9.17, 15) is 18.7 Å². The van der Waals surface area contributed by atoms with Gasteiger partial charge in [-0.05, 0) is 35.7 Å². The van der Waals surface area contributed by atoms with E-state index in [4.69, 9.17) is 0 Å². The van der Waals surface area contributed by atoms with Gasteiger partial charge in [-0.3, -0.25) is 0 Å². The highest BCUT2D eigenvalue weighted by Crippen LogP contribution is 2.25. The molecule has 3 nitrogen and oxygen atoms in total. The van der Waals surface area contributed by atoms with Crippen LogP contribution < -0.4 is 0 Å². The van der Waals surface area contributed by atoms with Crippen LogP contribution in [0.3, 0.4) is 0 Å². The molecular formula is C18H13F2NO2S. The molecule has 1 aromatic heterocycles. The number of hydrogen-bond donors (Lipinski definition) is 1. The number of carboxylic acid groups (broad SMARTS) is 1. The van der Waals surface area contributed by atoms with Gasteiger partial charge in [0.05, 0.1) is 10.7 Å². The van der Waals surface area contributed by atoms with Gasteiger partial charge in [-0.2, -0.15) is 0 Å². The summed E-state index contributed by atoms with van der Waals surface area (Å²) in [5.74, 6) is -2.78. The van der Waals surface area contributed by atoms with E-state index in [0.29, 0.717) is 22.7 Å². The first-order valence-corrected chi connectivity index (χ1v) is 7.99. The maximum Gasteiger partial charge on any atom is 0.347 e. The molecule has 3 rings (SSSR count). The normalized spacial score (nSPS) is 10.8. The molecule has 0 spiro atoms. The minimum atomic E-state index is -0.993. The van der Waals surface area contributed by atoms with E-state index in [1.165, 1.54) is 6.07 Å². The Morgan fingerprint density at radius 1 is 1.12 bits per heavy atom. The van der Waals surface area contributed by atoms with Crippen LogP contribution in [0, 0.1) is 18.6 Å². The second-order valence-corrected chi connectivity index (χ2v) is 6.52. The van der Waals surface area contributed by atoms with Crippen LogP contribution >= 0.6 is 11.3 Å². The number of nitrogens with zero attached hydrogens (tertiary/aromatic N) is 1. The van der Waals surface area contributed by atoms with E-state index in [-0.39, 0.29) is 4.88 Å². The lowest BCUT2D eigenvalue weighted by Gasteiger charge is -2.06. The molecule has 0 amide bonds. The van der Waals surface area contributed by atoms with Gasteiger partial charge in [-0.25, -0.2) is 18.6 Å². The predicted molar refractivity (Wildman–Crippen MR) is 88.4 cm³/mol. The standard InChI is InChI=1S/C18H13F2NO2S/c1-10-21-16(17(24-10)18(22)23)8-11-3-2-4-12(7-11)13-5-6-14(19)15(20)9-13/h2-7,9H,8H2,1H3,(H,22,23). The molecule has 1 heterocycles. The SMILES string of the molecule is Cc1nc(Cc2cccc(-c3ccc(F)c(F)c3)c2)c(C(=O)O)s1. The summed E-state index contributed by atoms with van der Waals surface area (Å²) in [5.41, 5.74) is 2.65. The molecule has 0 radical (unpaired) electrons. The number of aromatic carboxylic acids is 1. The molecule has 24 heavy (non-hydrogen) atoms. The third-order valence-electron chi connectivity index (χ3n) is 3.55. The number of rotatable bonds is 4. The highest BCUT2D eigenvalue weighted by atomic mass is 32.1. The Balaban J connectivity index is 1.94. The third kappa shape index (κ3) is 3.33. The van der Waals surface area contributed by atoms with Crippen LogP contribution in [-0.4, -0.2) is 16.1 Å². The monoisotopic (exact) mass is 345 g/mol. The molecule has 0 unspecified atom stereocenters. The molecule has 0 saturated carbocycles. The third-order valence-corrected chi connectivity index (χ3v) is 4.55. The van der Waals surface area contributed by atoms with Gasteiger partial charge in [-0.15, -0.1) is 11.3 Å². The van der Waals surface area contributed by atoms with Crippen molar-refractivity contribution in [2.75, 3.05) is 0 Å². The number of aromatic nitrogens is 1. The van der Waals surface area contributed by atoms with Crippen molar-refractivity contribution < 1.29 is 18.7 Å². The fourth-order valence-corrected chi connectivity index (χ4v) is 3.26. The summed E-state index contributed by atoms with van der Waals surface area (Å²) in [6, 6.07) is 11.0. The number of hydrogen-bond acceptors (Lipinski definition) is 3. The van der Waals surface area contributed by atoms with E-state index >= 15 is 0 Å². The van der Waals surface area contributed by atoms with Crippen molar-refractivity contribution in [1.82, 2.24) is 4.98 Å². The first-order chi connectivity index (χ1) is 11.4. The lowest BCUT2D eigenvalue weighted by molar-refractivity contribution is 0.0701. The van der Waals surface area contributed by atoms with Crippen LogP contribution in [0.1, 0.15) is 25.9 Å². The van der Waals surface area contributed by atoms with Crippen LogP contribution in [0.15, 0.2) is 42.5 Å². The van der Waals surface area contributed by atoms with Gasteiger partial charge in [0.1, 0.15) is 4.88 Å². The van der Waals surface area contributed by atoms with Crippen molar-refractivity contribution in [3.05, 3.63) is 75.2 Å². The summed E-state index contributed by atoms with van der Waals surface area (Å²) in [6.07, 6.45) is 0.365. The highest BCUT2D eigenvalue weighted by molar-refractivity contribution is 7.13. The van der Waals surface area contributed by atoms with E-state index in [1.54, 1.807) is 19.1 Å². The summed E-state index contributed by atoms with van der Waals surface area (Å²) >= 11 is 1.14. The summed E-state index contributed by atoms with van der Waals surface area (Å²) in [7, 11) is 0. The first kappa shape index (κ1) is 16.3. The number of halogens is 2. The van der Waals surface area contributed by atoms with Crippen molar-refractivity contribution in [3.63, 3.8) is 0 Å². The zero-order valence-electron chi connectivity index (χ0n) is 12.7. The Morgan fingerprint density at radius 3 is 2.58 bits per heavy atom. The molecule has 0 saturated heterocycles. The number of carboxylic acids is 1. The average Bonchev–Trinajstić information content (AvgIpc) is 2.91. The Morgan fingerprint density at radius 2 is 1.88 bits per heavy atom. The Labute approximate surface area is 141 Å². The van der Waals surface area contributed by atoms with Gasteiger partial charge in [0, 0.05) is 6.42 Å². The van der Waals surface area contributed by atoms with E-state index in [2.05, 4.69) is 4.98 Å². The summed E-state index contributed by atoms with van der Waals surface area (Å²) < 4.78 is 26.5. The van der Waals surface area contributed by atoms with Gasteiger partial charge in [-0.1, -0.05) is 30.3 Å². The quantitative estimate of drug-likeness (QED) is 0.746. The van der Waals surface area contributed by atoms with Crippen molar-refractivity contribution in [1.29, 1.82) is 0 Å².